The van der Waals surface area contributed by atoms with Gasteiger partial charge in [-0.2, -0.15) is 22.9 Å². The molecule has 4 aromatic rings. The molecule has 1 aromatic heterocycles. The predicted octanol–water partition coefficient (Wildman–Crippen LogP) is 6.06. The number of carbonyl (C=O) groups excluding carboxylic acids is 1. The Morgan fingerprint density at radius 3 is 2.63 bits per heavy atom. The summed E-state index contributed by atoms with van der Waals surface area (Å²) in [5, 5.41) is 4.54. The second-order valence-electron chi connectivity index (χ2n) is 8.09. The average Bonchev–Trinajstić information content (AvgIpc) is 2.89. The molecule has 0 spiro atoms. The predicted molar refractivity (Wildman–Crippen MR) is 140 cm³/mol. The van der Waals surface area contributed by atoms with Gasteiger partial charge in [0.2, 0.25) is 0 Å². The molecule has 0 aliphatic rings. The fourth-order valence-electron chi connectivity index (χ4n) is 3.60. The van der Waals surface area contributed by atoms with Gasteiger partial charge in [-0.3, -0.25) is 4.79 Å². The number of esters is 1. The highest BCUT2D eigenvalue weighted by molar-refractivity contribution is 9.10. The molecule has 38 heavy (non-hydrogen) atoms. The van der Waals surface area contributed by atoms with E-state index >= 15 is 0 Å². The summed E-state index contributed by atoms with van der Waals surface area (Å²) in [6, 6.07) is 16.0. The largest absolute Gasteiger partial charge is 0.478 e. The van der Waals surface area contributed by atoms with Crippen molar-refractivity contribution in [2.45, 2.75) is 26.1 Å². The monoisotopic (exact) mass is 587 g/mol. The molecule has 0 unspecified atom stereocenters. The lowest BCUT2D eigenvalue weighted by Crippen LogP contribution is -2.26. The van der Waals surface area contributed by atoms with Crippen LogP contribution in [0.15, 0.2) is 81.1 Å². The molecule has 1 atom stereocenters. The van der Waals surface area contributed by atoms with Gasteiger partial charge >= 0.3 is 12.1 Å². The number of hydrogen-bond donors (Lipinski definition) is 0. The van der Waals surface area contributed by atoms with Crippen molar-refractivity contribution in [3.05, 3.63) is 92.7 Å². The summed E-state index contributed by atoms with van der Waals surface area (Å²) in [5.74, 6) is -0.353. The van der Waals surface area contributed by atoms with Crippen molar-refractivity contribution in [2.24, 2.45) is 5.10 Å². The Labute approximate surface area is 223 Å². The summed E-state index contributed by atoms with van der Waals surface area (Å²) in [4.78, 5) is 29.9. The maximum Gasteiger partial charge on any atom is 0.416 e. The first-order valence-corrected chi connectivity index (χ1v) is 12.2. The molecular formula is C27H21BrF3N3O4. The molecular weight excluding hydrogens is 567 g/mol. The number of carbonyl (C=O) groups is 1. The van der Waals surface area contributed by atoms with Crippen LogP contribution in [0.2, 0.25) is 0 Å². The topological polar surface area (TPSA) is 82.8 Å². The van der Waals surface area contributed by atoms with Crippen LogP contribution < -0.4 is 10.3 Å². The van der Waals surface area contributed by atoms with E-state index in [2.05, 4.69) is 26.0 Å². The van der Waals surface area contributed by atoms with Gasteiger partial charge < -0.3 is 9.47 Å². The molecule has 0 amide bonds. The highest BCUT2D eigenvalue weighted by atomic mass is 79.9. The summed E-state index contributed by atoms with van der Waals surface area (Å²) >= 11 is 3.37. The molecule has 7 nitrogen and oxygen atoms in total. The quantitative estimate of drug-likeness (QED) is 0.194. The second kappa shape index (κ2) is 11.2. The molecule has 0 N–H and O–H groups in total. The van der Waals surface area contributed by atoms with Crippen LogP contribution in [0.1, 0.15) is 25.0 Å². The lowest BCUT2D eigenvalue weighted by atomic mass is 10.1. The molecule has 3 aromatic carbocycles. The number of para-hydroxylation sites is 1. The van der Waals surface area contributed by atoms with Crippen molar-refractivity contribution >= 4 is 39.0 Å². The zero-order chi connectivity index (χ0) is 27.4. The molecule has 0 fully saturated rings. The van der Waals surface area contributed by atoms with E-state index in [0.29, 0.717) is 15.6 Å². The fourth-order valence-corrected chi connectivity index (χ4v) is 3.98. The van der Waals surface area contributed by atoms with Crippen molar-refractivity contribution in [3.8, 4) is 17.1 Å². The first-order valence-electron chi connectivity index (χ1n) is 11.4. The number of nitrogens with zero attached hydrogens (tertiary/aromatic N) is 3. The lowest BCUT2D eigenvalue weighted by molar-refractivity contribution is -0.150. The van der Waals surface area contributed by atoms with Crippen LogP contribution >= 0.6 is 15.9 Å². The van der Waals surface area contributed by atoms with Crippen molar-refractivity contribution in [1.29, 1.82) is 0 Å². The van der Waals surface area contributed by atoms with Gasteiger partial charge in [-0.1, -0.05) is 40.2 Å². The normalized spacial score (nSPS) is 12.6. The molecule has 0 aliphatic heterocycles. The van der Waals surface area contributed by atoms with Crippen molar-refractivity contribution in [1.82, 2.24) is 9.66 Å². The fraction of sp³-hybridized carbons (Fsp3) is 0.185. The Bertz CT molecular complexity index is 1580. The van der Waals surface area contributed by atoms with E-state index in [1.165, 1.54) is 25.3 Å². The number of benzene rings is 3. The number of hydrogen-bond acceptors (Lipinski definition) is 6. The summed E-state index contributed by atoms with van der Waals surface area (Å²) in [6.45, 7) is 3.40. The van der Waals surface area contributed by atoms with Gasteiger partial charge in [-0.15, -0.1) is 0 Å². The van der Waals surface area contributed by atoms with Crippen LogP contribution in [-0.2, 0) is 15.7 Å². The van der Waals surface area contributed by atoms with Crippen LogP contribution in [-0.4, -0.2) is 34.6 Å². The van der Waals surface area contributed by atoms with Crippen LogP contribution in [0, 0.1) is 0 Å². The van der Waals surface area contributed by atoms with E-state index in [0.717, 1.165) is 16.8 Å². The van der Waals surface area contributed by atoms with Crippen molar-refractivity contribution in [3.63, 3.8) is 0 Å². The van der Waals surface area contributed by atoms with Gasteiger partial charge in [0.1, 0.15) is 5.75 Å². The Hall–Kier alpha value is -3.99. The Kier molecular flexibility index (Phi) is 7.96. The second-order valence-corrected chi connectivity index (χ2v) is 9.00. The van der Waals surface area contributed by atoms with Gasteiger partial charge in [0.05, 0.1) is 29.3 Å². The third-order valence-electron chi connectivity index (χ3n) is 5.41. The SMILES string of the molecule is CCOC(=O)[C@@H](C)Oc1ccc(Br)cc1C=Nn1c(-c2cccc(C(F)(F)F)c2)nc2ccccc2c1=O. The summed E-state index contributed by atoms with van der Waals surface area (Å²) in [7, 11) is 0. The first kappa shape index (κ1) is 27.1. The van der Waals surface area contributed by atoms with E-state index in [9.17, 15) is 22.8 Å². The molecule has 196 valence electrons. The summed E-state index contributed by atoms with van der Waals surface area (Å²) in [6.07, 6.45) is -4.19. The van der Waals surface area contributed by atoms with Crippen LogP contribution in [0.5, 0.6) is 5.75 Å². The number of aromatic nitrogens is 2. The first-order chi connectivity index (χ1) is 18.1. The summed E-state index contributed by atoms with van der Waals surface area (Å²) in [5.41, 5.74) is -0.696. The number of halogens is 4. The zero-order valence-electron chi connectivity index (χ0n) is 20.2. The summed E-state index contributed by atoms with van der Waals surface area (Å²) < 4.78 is 52.6. The molecule has 0 aliphatic carbocycles. The molecule has 11 heteroatoms. The smallest absolute Gasteiger partial charge is 0.416 e. The Morgan fingerprint density at radius 2 is 1.89 bits per heavy atom. The van der Waals surface area contributed by atoms with Crippen molar-refractivity contribution < 1.29 is 27.4 Å². The molecule has 0 saturated heterocycles. The van der Waals surface area contributed by atoms with E-state index in [-0.39, 0.29) is 29.1 Å². The minimum atomic E-state index is -4.58. The zero-order valence-corrected chi connectivity index (χ0v) is 21.8. The van der Waals surface area contributed by atoms with Gasteiger partial charge in [0.25, 0.3) is 5.56 Å². The maximum atomic E-state index is 13.4. The van der Waals surface area contributed by atoms with E-state index in [1.54, 1.807) is 49.4 Å². The van der Waals surface area contributed by atoms with Gasteiger partial charge in [0.15, 0.2) is 11.9 Å². The Balaban J connectivity index is 1.85. The molecule has 1 heterocycles. The van der Waals surface area contributed by atoms with Gasteiger partial charge in [-0.25, -0.2) is 9.78 Å². The number of alkyl halides is 3. The van der Waals surface area contributed by atoms with Gasteiger partial charge in [0, 0.05) is 15.6 Å². The lowest BCUT2D eigenvalue weighted by Gasteiger charge is -2.15. The highest BCUT2D eigenvalue weighted by Crippen LogP contribution is 2.32. The molecule has 0 saturated carbocycles. The molecule has 0 radical (unpaired) electrons. The minimum Gasteiger partial charge on any atom is -0.478 e. The van der Waals surface area contributed by atoms with Crippen LogP contribution in [0.25, 0.3) is 22.3 Å². The van der Waals surface area contributed by atoms with Crippen LogP contribution in [0.3, 0.4) is 0 Å². The Morgan fingerprint density at radius 1 is 1.13 bits per heavy atom. The standard InChI is InChI=1S/C27H21BrF3N3O4/c1-3-37-26(36)16(2)38-23-12-11-20(28)14-18(23)15-32-34-24(17-7-6-8-19(13-17)27(29,30)31)33-22-10-5-4-9-21(22)25(34)35/h4-16H,3H2,1-2H3/t16-/m1/s1. The average molecular weight is 588 g/mol. The number of fused-ring (bicyclic) bond motifs is 1. The third-order valence-corrected chi connectivity index (χ3v) is 5.90. The number of ether oxygens (including phenoxy) is 2. The van der Waals surface area contributed by atoms with E-state index < -0.39 is 29.4 Å². The van der Waals surface area contributed by atoms with E-state index in [4.69, 9.17) is 9.47 Å². The van der Waals surface area contributed by atoms with Crippen molar-refractivity contribution in [2.75, 3.05) is 6.61 Å². The van der Waals surface area contributed by atoms with Gasteiger partial charge in [-0.05, 0) is 56.3 Å². The molecule has 4 rings (SSSR count). The number of rotatable bonds is 7. The maximum absolute atomic E-state index is 13.4. The minimum absolute atomic E-state index is 0.0569. The third kappa shape index (κ3) is 5.94. The highest BCUT2D eigenvalue weighted by Gasteiger charge is 2.31. The molecule has 0 bridgehead atoms. The van der Waals surface area contributed by atoms with E-state index in [1.807, 2.05) is 0 Å². The van der Waals surface area contributed by atoms with Crippen LogP contribution in [0.4, 0.5) is 13.2 Å².